The molecule has 2 heterocycles. The summed E-state index contributed by atoms with van der Waals surface area (Å²) in [4.78, 5) is 15.6. The molecule has 11 heteroatoms. The summed E-state index contributed by atoms with van der Waals surface area (Å²) in [5, 5.41) is 4.98. The van der Waals surface area contributed by atoms with Gasteiger partial charge in [0.15, 0.2) is 0 Å². The number of nitrogens with one attached hydrogen (secondary N) is 1. The van der Waals surface area contributed by atoms with Crippen molar-refractivity contribution in [3.63, 3.8) is 0 Å². The van der Waals surface area contributed by atoms with Crippen molar-refractivity contribution in [1.29, 1.82) is 0 Å². The summed E-state index contributed by atoms with van der Waals surface area (Å²) >= 11 is 7.61. The number of nitrogens with two attached hydrogens (primary N) is 1. The van der Waals surface area contributed by atoms with E-state index in [1.165, 1.54) is 22.9 Å². The van der Waals surface area contributed by atoms with Gasteiger partial charge in [0.1, 0.15) is 11.5 Å². The lowest BCUT2D eigenvalue weighted by molar-refractivity contribution is 0.242. The second kappa shape index (κ2) is 10.9. The van der Waals surface area contributed by atoms with Gasteiger partial charge < -0.3 is 15.4 Å². The minimum Gasteiger partial charge on any atom is -0.486 e. The van der Waals surface area contributed by atoms with E-state index in [4.69, 9.17) is 22.1 Å². The van der Waals surface area contributed by atoms with Crippen molar-refractivity contribution >= 4 is 35.1 Å². The van der Waals surface area contributed by atoms with Gasteiger partial charge in [-0.1, -0.05) is 24.6 Å². The molecule has 0 radical (unpaired) electrons. The summed E-state index contributed by atoms with van der Waals surface area (Å²) in [6, 6.07) is 11.6. The largest absolute Gasteiger partial charge is 0.486 e. The highest BCUT2D eigenvalue weighted by Gasteiger charge is 2.39. The standard InChI is InChI=1S/C26H30ClFN6O2S/c1-26(7-8-26)17-36-24-23(16-30-34(25(24)35)21-4-2-3-19(27)14-21)32-9-11-33(12-10-32)37-31-15-18-13-20(29)5-6-22(18)28/h2-6,13-14,16,31H,7-12,15,17,29H2,1H3. The summed E-state index contributed by atoms with van der Waals surface area (Å²) in [7, 11) is 0. The summed E-state index contributed by atoms with van der Waals surface area (Å²) in [6.07, 6.45) is 3.90. The number of rotatable bonds is 9. The van der Waals surface area contributed by atoms with Crippen LogP contribution in [-0.2, 0) is 6.54 Å². The van der Waals surface area contributed by atoms with Crippen molar-refractivity contribution in [1.82, 2.24) is 18.8 Å². The van der Waals surface area contributed by atoms with Gasteiger partial charge in [-0.3, -0.25) is 4.79 Å². The van der Waals surface area contributed by atoms with Crippen molar-refractivity contribution in [2.24, 2.45) is 5.41 Å². The van der Waals surface area contributed by atoms with E-state index in [-0.39, 0.29) is 16.8 Å². The molecule has 5 rings (SSSR count). The van der Waals surface area contributed by atoms with E-state index >= 15 is 0 Å². The SMILES string of the molecule is CC1(COc2c(N3CCN(SNCc4cc(N)ccc4F)CC3)cnn(-c3cccc(Cl)c3)c2=O)CC1. The van der Waals surface area contributed by atoms with Gasteiger partial charge in [0.05, 0.1) is 18.5 Å². The third-order valence-electron chi connectivity index (χ3n) is 6.74. The molecule has 196 valence electrons. The number of hydrogen-bond donors (Lipinski definition) is 2. The molecule has 0 atom stereocenters. The van der Waals surface area contributed by atoms with Gasteiger partial charge in [-0.15, -0.1) is 0 Å². The maximum absolute atomic E-state index is 14.0. The first-order chi connectivity index (χ1) is 17.8. The van der Waals surface area contributed by atoms with Crippen molar-refractivity contribution in [2.75, 3.05) is 43.4 Å². The molecule has 0 bridgehead atoms. The van der Waals surface area contributed by atoms with E-state index in [2.05, 4.69) is 25.9 Å². The predicted octanol–water partition coefficient (Wildman–Crippen LogP) is 4.26. The first kappa shape index (κ1) is 25.8. The number of halogens is 2. The maximum atomic E-state index is 14.0. The lowest BCUT2D eigenvalue weighted by atomic mass is 10.2. The highest BCUT2D eigenvalue weighted by molar-refractivity contribution is 7.95. The van der Waals surface area contributed by atoms with Gasteiger partial charge in [0.2, 0.25) is 5.75 Å². The smallest absolute Gasteiger partial charge is 0.316 e. The fourth-order valence-electron chi connectivity index (χ4n) is 4.14. The zero-order valence-corrected chi connectivity index (χ0v) is 22.2. The summed E-state index contributed by atoms with van der Waals surface area (Å²) in [5.41, 5.74) is 7.96. The van der Waals surface area contributed by atoms with Crippen LogP contribution in [0.1, 0.15) is 25.3 Å². The molecule has 8 nitrogen and oxygen atoms in total. The Morgan fingerprint density at radius 1 is 1.19 bits per heavy atom. The molecule has 2 aliphatic rings. The second-order valence-electron chi connectivity index (χ2n) is 9.83. The molecular formula is C26H30ClFN6O2S. The quantitative estimate of drug-likeness (QED) is 0.305. The Bertz CT molecular complexity index is 1330. The Labute approximate surface area is 224 Å². The molecule has 1 saturated carbocycles. The number of piperazine rings is 1. The van der Waals surface area contributed by atoms with Crippen LogP contribution < -0.4 is 25.7 Å². The van der Waals surface area contributed by atoms with Gasteiger partial charge in [0, 0.05) is 66.5 Å². The van der Waals surface area contributed by atoms with Crippen LogP contribution in [0.15, 0.2) is 53.5 Å². The molecule has 0 spiro atoms. The number of hydrogen-bond acceptors (Lipinski definition) is 8. The Morgan fingerprint density at radius 2 is 1.97 bits per heavy atom. The monoisotopic (exact) mass is 544 g/mol. The van der Waals surface area contributed by atoms with Crippen LogP contribution in [0.3, 0.4) is 0 Å². The number of nitrogen functional groups attached to an aromatic ring is 1. The van der Waals surface area contributed by atoms with E-state index in [9.17, 15) is 9.18 Å². The van der Waals surface area contributed by atoms with Crippen molar-refractivity contribution in [2.45, 2.75) is 26.3 Å². The molecular weight excluding hydrogens is 515 g/mol. The van der Waals surface area contributed by atoms with E-state index in [0.717, 1.165) is 25.9 Å². The minimum atomic E-state index is -0.299. The number of anilines is 2. The van der Waals surface area contributed by atoms with Gasteiger partial charge in [-0.05, 0) is 49.2 Å². The molecule has 0 amide bonds. The second-order valence-corrected chi connectivity index (χ2v) is 11.3. The topological polar surface area (TPSA) is 88.7 Å². The number of benzene rings is 2. The number of aromatic nitrogens is 2. The normalized spacial score (nSPS) is 17.1. The molecule has 3 aromatic rings. The van der Waals surface area contributed by atoms with Crippen LogP contribution >= 0.6 is 23.7 Å². The van der Waals surface area contributed by atoms with Crippen LogP contribution in [0.2, 0.25) is 5.02 Å². The maximum Gasteiger partial charge on any atom is 0.316 e. The molecule has 1 aliphatic heterocycles. The molecule has 1 aliphatic carbocycles. The lowest BCUT2D eigenvalue weighted by Gasteiger charge is -2.35. The first-order valence-corrected chi connectivity index (χ1v) is 13.4. The fourth-order valence-corrected chi connectivity index (χ4v) is 5.07. The Hall–Kier alpha value is -2.79. The predicted molar refractivity (Wildman–Crippen MR) is 147 cm³/mol. The first-order valence-electron chi connectivity index (χ1n) is 12.3. The average Bonchev–Trinajstić information content (AvgIpc) is 3.63. The fraction of sp³-hybridized carbons (Fsp3) is 0.385. The van der Waals surface area contributed by atoms with Crippen molar-refractivity contribution < 1.29 is 9.13 Å². The third-order valence-corrected chi connectivity index (χ3v) is 7.87. The number of ether oxygens (including phenoxy) is 1. The lowest BCUT2D eigenvalue weighted by Crippen LogP contribution is -2.45. The highest BCUT2D eigenvalue weighted by atomic mass is 35.5. The third kappa shape index (κ3) is 6.20. The molecule has 1 aromatic heterocycles. The van der Waals surface area contributed by atoms with E-state index in [1.807, 2.05) is 0 Å². The van der Waals surface area contributed by atoms with E-state index in [1.54, 1.807) is 42.6 Å². The Kier molecular flexibility index (Phi) is 7.62. The molecule has 3 N–H and O–H groups in total. The molecule has 2 fully saturated rings. The zero-order valence-electron chi connectivity index (χ0n) is 20.6. The Balaban J connectivity index is 1.27. The van der Waals surface area contributed by atoms with Crippen LogP contribution in [-0.4, -0.2) is 46.9 Å². The Morgan fingerprint density at radius 3 is 2.70 bits per heavy atom. The van der Waals surface area contributed by atoms with Gasteiger partial charge in [-0.25, -0.2) is 13.4 Å². The summed E-state index contributed by atoms with van der Waals surface area (Å²) < 4.78 is 26.9. The number of nitrogens with zero attached hydrogens (tertiary/aromatic N) is 4. The minimum absolute atomic E-state index is 0.123. The van der Waals surface area contributed by atoms with Gasteiger partial charge in [0.25, 0.3) is 0 Å². The molecule has 1 saturated heterocycles. The zero-order chi connectivity index (χ0) is 26.0. The van der Waals surface area contributed by atoms with Gasteiger partial charge in [-0.2, -0.15) is 9.78 Å². The molecule has 37 heavy (non-hydrogen) atoms. The van der Waals surface area contributed by atoms with Crippen LogP contribution in [0, 0.1) is 11.2 Å². The van der Waals surface area contributed by atoms with Crippen LogP contribution in [0.25, 0.3) is 5.69 Å². The van der Waals surface area contributed by atoms with E-state index < -0.39 is 0 Å². The van der Waals surface area contributed by atoms with Crippen molar-refractivity contribution in [3.8, 4) is 11.4 Å². The molecule has 0 unspecified atom stereocenters. The highest BCUT2D eigenvalue weighted by Crippen LogP contribution is 2.45. The average molecular weight is 545 g/mol. The summed E-state index contributed by atoms with van der Waals surface area (Å²) in [5.74, 6) is 0.0409. The summed E-state index contributed by atoms with van der Waals surface area (Å²) in [6.45, 7) is 5.90. The van der Waals surface area contributed by atoms with Crippen LogP contribution in [0.4, 0.5) is 15.8 Å². The van der Waals surface area contributed by atoms with Crippen LogP contribution in [0.5, 0.6) is 5.75 Å². The van der Waals surface area contributed by atoms with Crippen molar-refractivity contribution in [3.05, 3.63) is 75.4 Å². The molecule has 2 aromatic carbocycles. The van der Waals surface area contributed by atoms with Gasteiger partial charge >= 0.3 is 5.56 Å². The van der Waals surface area contributed by atoms with E-state index in [0.29, 0.717) is 59.6 Å².